The fourth-order valence-corrected chi connectivity index (χ4v) is 2.00. The standard InChI is InChI=1S/C12H17Cl2N/c1-7(2)8(3)12(15)10-5-4-9(13)6-11(10)14/h4-8,12H,15H2,1-3H3. The van der Waals surface area contributed by atoms with Crippen molar-refractivity contribution in [1.82, 2.24) is 0 Å². The molecule has 1 aromatic carbocycles. The Morgan fingerprint density at radius 3 is 2.20 bits per heavy atom. The first-order valence-electron chi connectivity index (χ1n) is 5.14. The predicted octanol–water partition coefficient (Wildman–Crippen LogP) is 4.29. The zero-order valence-corrected chi connectivity index (χ0v) is 10.8. The highest BCUT2D eigenvalue weighted by atomic mass is 35.5. The van der Waals surface area contributed by atoms with Gasteiger partial charge in [0, 0.05) is 16.1 Å². The Bertz CT molecular complexity index is 336. The van der Waals surface area contributed by atoms with Gasteiger partial charge in [0.15, 0.2) is 0 Å². The van der Waals surface area contributed by atoms with E-state index in [4.69, 9.17) is 28.9 Å². The van der Waals surface area contributed by atoms with Crippen molar-refractivity contribution in [2.45, 2.75) is 26.8 Å². The van der Waals surface area contributed by atoms with Crippen LogP contribution in [0.25, 0.3) is 0 Å². The van der Waals surface area contributed by atoms with Crippen LogP contribution < -0.4 is 5.73 Å². The van der Waals surface area contributed by atoms with Gasteiger partial charge in [-0.2, -0.15) is 0 Å². The van der Waals surface area contributed by atoms with Gasteiger partial charge in [-0.25, -0.2) is 0 Å². The molecule has 0 saturated heterocycles. The van der Waals surface area contributed by atoms with Crippen LogP contribution in [0.1, 0.15) is 32.4 Å². The second-order valence-electron chi connectivity index (χ2n) is 4.29. The van der Waals surface area contributed by atoms with Crippen LogP contribution in [0, 0.1) is 11.8 Å². The minimum atomic E-state index is -0.0326. The van der Waals surface area contributed by atoms with Crippen LogP contribution in [-0.4, -0.2) is 0 Å². The number of benzene rings is 1. The summed E-state index contributed by atoms with van der Waals surface area (Å²) in [5, 5.41) is 1.30. The molecule has 0 aliphatic heterocycles. The number of nitrogens with two attached hydrogens (primary N) is 1. The first-order valence-corrected chi connectivity index (χ1v) is 5.89. The third-order valence-corrected chi connectivity index (χ3v) is 3.50. The van der Waals surface area contributed by atoms with Crippen molar-refractivity contribution in [2.75, 3.05) is 0 Å². The molecule has 0 aliphatic rings. The van der Waals surface area contributed by atoms with Crippen molar-refractivity contribution >= 4 is 23.2 Å². The Labute approximate surface area is 102 Å². The highest BCUT2D eigenvalue weighted by Gasteiger charge is 2.20. The Morgan fingerprint density at radius 1 is 1.13 bits per heavy atom. The molecule has 3 heteroatoms. The number of halogens is 2. The van der Waals surface area contributed by atoms with E-state index in [-0.39, 0.29) is 6.04 Å². The maximum absolute atomic E-state index is 6.16. The molecule has 15 heavy (non-hydrogen) atoms. The molecule has 1 aromatic rings. The van der Waals surface area contributed by atoms with Crippen LogP contribution in [0.2, 0.25) is 10.0 Å². The summed E-state index contributed by atoms with van der Waals surface area (Å²) in [6.07, 6.45) is 0. The molecule has 84 valence electrons. The highest BCUT2D eigenvalue weighted by molar-refractivity contribution is 6.35. The minimum Gasteiger partial charge on any atom is -0.324 e. The van der Waals surface area contributed by atoms with E-state index in [0.29, 0.717) is 21.9 Å². The van der Waals surface area contributed by atoms with Crippen LogP contribution in [-0.2, 0) is 0 Å². The van der Waals surface area contributed by atoms with Gasteiger partial charge in [0.1, 0.15) is 0 Å². The van der Waals surface area contributed by atoms with E-state index in [1.54, 1.807) is 6.07 Å². The first-order chi connectivity index (χ1) is 6.93. The SMILES string of the molecule is CC(C)C(C)C(N)c1ccc(Cl)cc1Cl. The highest BCUT2D eigenvalue weighted by Crippen LogP contribution is 2.31. The van der Waals surface area contributed by atoms with Crippen LogP contribution in [0.15, 0.2) is 18.2 Å². The number of rotatable bonds is 3. The van der Waals surface area contributed by atoms with Crippen molar-refractivity contribution in [1.29, 1.82) is 0 Å². The lowest BCUT2D eigenvalue weighted by Crippen LogP contribution is -2.23. The molecule has 0 spiro atoms. The third kappa shape index (κ3) is 3.10. The molecule has 0 heterocycles. The van der Waals surface area contributed by atoms with Crippen LogP contribution in [0.5, 0.6) is 0 Å². The van der Waals surface area contributed by atoms with Crippen molar-refractivity contribution in [2.24, 2.45) is 17.6 Å². The molecule has 1 nitrogen and oxygen atoms in total. The van der Waals surface area contributed by atoms with Crippen molar-refractivity contribution < 1.29 is 0 Å². The second kappa shape index (κ2) is 5.20. The molecule has 0 amide bonds. The van der Waals surface area contributed by atoms with Crippen molar-refractivity contribution in [3.05, 3.63) is 33.8 Å². The van der Waals surface area contributed by atoms with Gasteiger partial charge in [0.25, 0.3) is 0 Å². The van der Waals surface area contributed by atoms with Gasteiger partial charge in [-0.05, 0) is 29.5 Å². The van der Waals surface area contributed by atoms with E-state index >= 15 is 0 Å². The summed E-state index contributed by atoms with van der Waals surface area (Å²) in [5.74, 6) is 0.926. The van der Waals surface area contributed by atoms with Crippen LogP contribution in [0.3, 0.4) is 0 Å². The number of hydrogen-bond acceptors (Lipinski definition) is 1. The molecular weight excluding hydrogens is 229 g/mol. The topological polar surface area (TPSA) is 26.0 Å². The van der Waals surface area contributed by atoms with Crippen molar-refractivity contribution in [3.63, 3.8) is 0 Å². The zero-order chi connectivity index (χ0) is 11.6. The number of hydrogen-bond donors (Lipinski definition) is 1. The Kier molecular flexibility index (Phi) is 4.45. The van der Waals surface area contributed by atoms with E-state index in [1.807, 2.05) is 12.1 Å². The van der Waals surface area contributed by atoms with Gasteiger partial charge in [-0.3, -0.25) is 0 Å². The van der Waals surface area contributed by atoms with Gasteiger partial charge in [-0.15, -0.1) is 0 Å². The molecule has 0 aromatic heterocycles. The summed E-state index contributed by atoms with van der Waals surface area (Å²) in [6, 6.07) is 5.45. The molecule has 0 fully saturated rings. The first kappa shape index (κ1) is 12.8. The van der Waals surface area contributed by atoms with Crippen LogP contribution >= 0.6 is 23.2 Å². The van der Waals surface area contributed by atoms with E-state index in [1.165, 1.54) is 0 Å². The average molecular weight is 246 g/mol. The maximum atomic E-state index is 6.16. The Morgan fingerprint density at radius 2 is 1.73 bits per heavy atom. The summed E-state index contributed by atoms with van der Waals surface area (Å²) in [4.78, 5) is 0. The zero-order valence-electron chi connectivity index (χ0n) is 9.30. The fraction of sp³-hybridized carbons (Fsp3) is 0.500. The molecule has 2 N–H and O–H groups in total. The minimum absolute atomic E-state index is 0.0326. The lowest BCUT2D eigenvalue weighted by Gasteiger charge is -2.24. The Balaban J connectivity index is 2.96. The molecule has 1 rings (SSSR count). The van der Waals surface area contributed by atoms with E-state index in [2.05, 4.69) is 20.8 Å². The van der Waals surface area contributed by atoms with E-state index in [9.17, 15) is 0 Å². The van der Waals surface area contributed by atoms with Crippen molar-refractivity contribution in [3.8, 4) is 0 Å². The summed E-state index contributed by atoms with van der Waals surface area (Å²) in [7, 11) is 0. The molecule has 0 bridgehead atoms. The van der Waals surface area contributed by atoms with Gasteiger partial charge < -0.3 is 5.73 Å². The van der Waals surface area contributed by atoms with Gasteiger partial charge >= 0.3 is 0 Å². The summed E-state index contributed by atoms with van der Waals surface area (Å²) >= 11 is 11.9. The third-order valence-electron chi connectivity index (χ3n) is 2.94. The molecule has 0 aliphatic carbocycles. The lowest BCUT2D eigenvalue weighted by atomic mass is 9.87. The normalized spacial score (nSPS) is 15.4. The van der Waals surface area contributed by atoms with Gasteiger partial charge in [-0.1, -0.05) is 50.0 Å². The van der Waals surface area contributed by atoms with Gasteiger partial charge in [0.05, 0.1) is 0 Å². The molecule has 0 saturated carbocycles. The quantitative estimate of drug-likeness (QED) is 0.846. The second-order valence-corrected chi connectivity index (χ2v) is 5.14. The predicted molar refractivity (Wildman–Crippen MR) is 67.4 cm³/mol. The molecular formula is C12H17Cl2N. The lowest BCUT2D eigenvalue weighted by molar-refractivity contribution is 0.352. The molecule has 0 radical (unpaired) electrons. The summed E-state index contributed by atoms with van der Waals surface area (Å²) in [6.45, 7) is 6.46. The Hall–Kier alpha value is -0.240. The summed E-state index contributed by atoms with van der Waals surface area (Å²) in [5.41, 5.74) is 7.14. The maximum Gasteiger partial charge on any atom is 0.0468 e. The van der Waals surface area contributed by atoms with E-state index in [0.717, 1.165) is 5.56 Å². The molecule has 2 atom stereocenters. The largest absolute Gasteiger partial charge is 0.324 e. The molecule has 2 unspecified atom stereocenters. The monoisotopic (exact) mass is 245 g/mol. The summed E-state index contributed by atoms with van der Waals surface area (Å²) < 4.78 is 0. The van der Waals surface area contributed by atoms with Gasteiger partial charge in [0.2, 0.25) is 0 Å². The smallest absolute Gasteiger partial charge is 0.0468 e. The average Bonchev–Trinajstić information content (AvgIpc) is 2.15. The van der Waals surface area contributed by atoms with E-state index < -0.39 is 0 Å². The van der Waals surface area contributed by atoms with Crippen LogP contribution in [0.4, 0.5) is 0 Å². The fourth-order valence-electron chi connectivity index (χ4n) is 1.47.